The number of aliphatic hydroxyl groups excluding tert-OH is 1. The van der Waals surface area contributed by atoms with E-state index in [1.165, 1.54) is 0 Å². The first-order valence-electron chi connectivity index (χ1n) is 4.94. The van der Waals surface area contributed by atoms with Gasteiger partial charge >= 0.3 is 0 Å². The first-order valence-corrected chi connectivity index (χ1v) is 5.32. The van der Waals surface area contributed by atoms with Gasteiger partial charge in [-0.05, 0) is 35.4 Å². The normalized spacial score (nSPS) is 25.9. The SMILES string of the molecule is CC1(C)CC1C(O)c1cccc(Cl)c1. The van der Waals surface area contributed by atoms with Crippen molar-refractivity contribution in [2.75, 3.05) is 0 Å². The predicted molar refractivity (Wildman–Crippen MR) is 58.3 cm³/mol. The summed E-state index contributed by atoms with van der Waals surface area (Å²) in [4.78, 5) is 0. The largest absolute Gasteiger partial charge is 0.388 e. The Hall–Kier alpha value is -0.530. The molecule has 0 heterocycles. The number of benzene rings is 1. The summed E-state index contributed by atoms with van der Waals surface area (Å²) < 4.78 is 0. The van der Waals surface area contributed by atoms with E-state index in [9.17, 15) is 5.11 Å². The van der Waals surface area contributed by atoms with E-state index < -0.39 is 0 Å². The maximum absolute atomic E-state index is 10.1. The Morgan fingerprint density at radius 2 is 2.14 bits per heavy atom. The van der Waals surface area contributed by atoms with Crippen molar-refractivity contribution >= 4 is 11.6 Å². The second kappa shape index (κ2) is 3.25. The highest BCUT2D eigenvalue weighted by molar-refractivity contribution is 6.30. The molecule has 0 amide bonds. The molecule has 0 bridgehead atoms. The molecule has 76 valence electrons. The molecule has 1 aliphatic carbocycles. The average Bonchev–Trinajstić information content (AvgIpc) is 2.74. The Bertz CT molecular complexity index is 346. The van der Waals surface area contributed by atoms with Crippen LogP contribution in [0.5, 0.6) is 0 Å². The van der Waals surface area contributed by atoms with Crippen LogP contribution in [-0.2, 0) is 0 Å². The van der Waals surface area contributed by atoms with Gasteiger partial charge in [0.05, 0.1) is 6.10 Å². The Morgan fingerprint density at radius 3 is 2.64 bits per heavy atom. The van der Waals surface area contributed by atoms with Crippen molar-refractivity contribution in [3.63, 3.8) is 0 Å². The summed E-state index contributed by atoms with van der Waals surface area (Å²) in [6, 6.07) is 7.50. The predicted octanol–water partition coefficient (Wildman–Crippen LogP) is 3.42. The molecule has 2 atom stereocenters. The molecule has 0 spiro atoms. The molecule has 0 saturated heterocycles. The Balaban J connectivity index is 2.16. The maximum Gasteiger partial charge on any atom is 0.0824 e. The van der Waals surface area contributed by atoms with Crippen LogP contribution in [0.25, 0.3) is 0 Å². The highest BCUT2D eigenvalue weighted by Crippen LogP contribution is 2.57. The monoisotopic (exact) mass is 210 g/mol. The van der Waals surface area contributed by atoms with E-state index in [4.69, 9.17) is 11.6 Å². The fourth-order valence-corrected chi connectivity index (χ4v) is 2.17. The van der Waals surface area contributed by atoms with Crippen molar-refractivity contribution in [1.82, 2.24) is 0 Å². The minimum absolute atomic E-state index is 0.293. The summed E-state index contributed by atoms with van der Waals surface area (Å²) in [5, 5.41) is 10.8. The molecular formula is C12H15ClO. The number of rotatable bonds is 2. The van der Waals surface area contributed by atoms with Crippen LogP contribution in [0.4, 0.5) is 0 Å². The van der Waals surface area contributed by atoms with Crippen LogP contribution in [-0.4, -0.2) is 5.11 Å². The third-order valence-corrected chi connectivity index (χ3v) is 3.40. The fourth-order valence-electron chi connectivity index (χ4n) is 1.97. The maximum atomic E-state index is 10.1. The van der Waals surface area contributed by atoms with Crippen LogP contribution < -0.4 is 0 Å². The summed E-state index contributed by atoms with van der Waals surface area (Å²) >= 11 is 5.87. The summed E-state index contributed by atoms with van der Waals surface area (Å²) in [5.74, 6) is 0.390. The third kappa shape index (κ3) is 1.79. The first-order chi connectivity index (χ1) is 6.50. The van der Waals surface area contributed by atoms with E-state index >= 15 is 0 Å². The second-order valence-electron chi connectivity index (χ2n) is 4.80. The van der Waals surface area contributed by atoms with Gasteiger partial charge in [0.25, 0.3) is 0 Å². The van der Waals surface area contributed by atoms with Gasteiger partial charge in [-0.2, -0.15) is 0 Å². The number of hydrogen-bond acceptors (Lipinski definition) is 1. The molecule has 0 aliphatic heterocycles. The van der Waals surface area contributed by atoms with E-state index in [2.05, 4.69) is 13.8 Å². The van der Waals surface area contributed by atoms with Crippen molar-refractivity contribution in [3.05, 3.63) is 34.9 Å². The van der Waals surface area contributed by atoms with E-state index in [-0.39, 0.29) is 6.10 Å². The summed E-state index contributed by atoms with van der Waals surface area (Å²) in [6.07, 6.45) is 0.740. The smallest absolute Gasteiger partial charge is 0.0824 e. The zero-order chi connectivity index (χ0) is 10.3. The van der Waals surface area contributed by atoms with E-state index in [0.717, 1.165) is 12.0 Å². The molecule has 0 aromatic heterocycles. The van der Waals surface area contributed by atoms with Gasteiger partial charge in [0.1, 0.15) is 0 Å². The van der Waals surface area contributed by atoms with Crippen molar-refractivity contribution < 1.29 is 5.11 Å². The fraction of sp³-hybridized carbons (Fsp3) is 0.500. The zero-order valence-electron chi connectivity index (χ0n) is 8.50. The molecule has 1 nitrogen and oxygen atoms in total. The molecular weight excluding hydrogens is 196 g/mol. The molecule has 1 aromatic carbocycles. The lowest BCUT2D eigenvalue weighted by Crippen LogP contribution is -2.04. The van der Waals surface area contributed by atoms with Crippen molar-refractivity contribution in [1.29, 1.82) is 0 Å². The standard InChI is InChI=1S/C12H15ClO/c1-12(2)7-10(12)11(14)8-4-3-5-9(13)6-8/h3-6,10-11,14H,7H2,1-2H3. The molecule has 2 heteroatoms. The zero-order valence-corrected chi connectivity index (χ0v) is 9.25. The van der Waals surface area contributed by atoms with Gasteiger partial charge < -0.3 is 5.11 Å². The highest BCUT2D eigenvalue weighted by atomic mass is 35.5. The molecule has 1 fully saturated rings. The van der Waals surface area contributed by atoms with Crippen LogP contribution in [0.2, 0.25) is 5.02 Å². The molecule has 0 radical (unpaired) electrons. The minimum Gasteiger partial charge on any atom is -0.388 e. The third-order valence-electron chi connectivity index (χ3n) is 3.16. The number of hydrogen-bond donors (Lipinski definition) is 1. The molecule has 14 heavy (non-hydrogen) atoms. The van der Waals surface area contributed by atoms with Gasteiger partial charge in [0, 0.05) is 5.02 Å². The molecule has 1 saturated carbocycles. The lowest BCUT2D eigenvalue weighted by Gasteiger charge is -2.12. The number of halogens is 1. The van der Waals surface area contributed by atoms with E-state index in [0.29, 0.717) is 16.4 Å². The van der Waals surface area contributed by atoms with Gasteiger partial charge in [-0.15, -0.1) is 0 Å². The van der Waals surface area contributed by atoms with E-state index in [1.807, 2.05) is 24.3 Å². The summed E-state index contributed by atoms with van der Waals surface area (Å²) in [5.41, 5.74) is 1.23. The Kier molecular flexibility index (Phi) is 2.32. The first kappa shape index (κ1) is 10.0. The van der Waals surface area contributed by atoms with Gasteiger partial charge in [-0.1, -0.05) is 37.6 Å². The van der Waals surface area contributed by atoms with Crippen LogP contribution in [0, 0.1) is 11.3 Å². The van der Waals surface area contributed by atoms with Crippen molar-refractivity contribution in [2.45, 2.75) is 26.4 Å². The molecule has 2 rings (SSSR count). The van der Waals surface area contributed by atoms with Crippen LogP contribution in [0.15, 0.2) is 24.3 Å². The van der Waals surface area contributed by atoms with Gasteiger partial charge in [-0.25, -0.2) is 0 Å². The minimum atomic E-state index is -0.358. The van der Waals surface area contributed by atoms with Crippen LogP contribution in [0.3, 0.4) is 0 Å². The van der Waals surface area contributed by atoms with Crippen LogP contribution >= 0.6 is 11.6 Å². The Labute approximate surface area is 89.7 Å². The summed E-state index contributed by atoms with van der Waals surface area (Å²) in [6.45, 7) is 4.37. The second-order valence-corrected chi connectivity index (χ2v) is 5.24. The van der Waals surface area contributed by atoms with Gasteiger partial charge in [0.15, 0.2) is 0 Å². The molecule has 1 aliphatic rings. The lowest BCUT2D eigenvalue weighted by atomic mass is 10.00. The van der Waals surface area contributed by atoms with Gasteiger partial charge in [-0.3, -0.25) is 0 Å². The molecule has 2 unspecified atom stereocenters. The highest BCUT2D eigenvalue weighted by Gasteiger charge is 2.50. The number of aliphatic hydroxyl groups is 1. The average molecular weight is 211 g/mol. The lowest BCUT2D eigenvalue weighted by molar-refractivity contribution is 0.138. The van der Waals surface area contributed by atoms with Crippen molar-refractivity contribution in [2.24, 2.45) is 11.3 Å². The molecule has 1 aromatic rings. The quantitative estimate of drug-likeness (QED) is 0.793. The van der Waals surface area contributed by atoms with E-state index in [1.54, 1.807) is 0 Å². The van der Waals surface area contributed by atoms with Crippen LogP contribution in [0.1, 0.15) is 31.9 Å². The van der Waals surface area contributed by atoms with Crippen molar-refractivity contribution in [3.8, 4) is 0 Å². The Morgan fingerprint density at radius 1 is 1.50 bits per heavy atom. The van der Waals surface area contributed by atoms with Gasteiger partial charge in [0.2, 0.25) is 0 Å². The topological polar surface area (TPSA) is 20.2 Å². The summed E-state index contributed by atoms with van der Waals surface area (Å²) in [7, 11) is 0. The molecule has 1 N–H and O–H groups in total.